The average molecular weight is 334 g/mol. The lowest BCUT2D eigenvalue weighted by molar-refractivity contribution is 0.616. The molecule has 5 rings (SSSR count). The molecule has 1 N–H and O–H groups in total. The second-order valence-electron chi connectivity index (χ2n) is 5.35. The van der Waals surface area contributed by atoms with Gasteiger partial charge in [-0.05, 0) is 29.8 Å². The van der Waals surface area contributed by atoms with Crippen LogP contribution in [-0.2, 0) is 0 Å². The highest BCUT2D eigenvalue weighted by atomic mass is 32.1. The maximum absolute atomic E-state index is 12.4. The van der Waals surface area contributed by atoms with Crippen LogP contribution in [-0.4, -0.2) is 19.6 Å². The van der Waals surface area contributed by atoms with Crippen LogP contribution < -0.4 is 5.56 Å². The van der Waals surface area contributed by atoms with E-state index in [-0.39, 0.29) is 5.56 Å². The maximum atomic E-state index is 12.4. The van der Waals surface area contributed by atoms with E-state index in [9.17, 15) is 4.79 Å². The summed E-state index contributed by atoms with van der Waals surface area (Å²) in [5, 5.41) is 7.88. The SMILES string of the molecule is O=c1cc(-c2ccc3occc3c2)[nH]c2c(-c3nccs3)cnn12. The van der Waals surface area contributed by atoms with Crippen molar-refractivity contribution in [3.05, 3.63) is 64.7 Å². The van der Waals surface area contributed by atoms with Gasteiger partial charge in [-0.25, -0.2) is 4.98 Å². The number of furan rings is 1. The summed E-state index contributed by atoms with van der Waals surface area (Å²) in [6, 6.07) is 9.25. The average Bonchev–Trinajstić information content (AvgIpc) is 3.33. The molecule has 0 unspecified atom stereocenters. The minimum Gasteiger partial charge on any atom is -0.464 e. The monoisotopic (exact) mass is 334 g/mol. The van der Waals surface area contributed by atoms with E-state index in [1.165, 1.54) is 15.9 Å². The Labute approximate surface area is 139 Å². The lowest BCUT2D eigenvalue weighted by Gasteiger charge is -2.04. The van der Waals surface area contributed by atoms with Gasteiger partial charge in [0.05, 0.1) is 23.7 Å². The van der Waals surface area contributed by atoms with E-state index in [0.717, 1.165) is 32.8 Å². The molecular weight excluding hydrogens is 324 g/mol. The van der Waals surface area contributed by atoms with E-state index in [4.69, 9.17) is 4.42 Å². The van der Waals surface area contributed by atoms with Crippen LogP contribution in [0.15, 0.2) is 63.6 Å². The third-order valence-corrected chi connectivity index (χ3v) is 4.73. The number of aromatic nitrogens is 4. The van der Waals surface area contributed by atoms with Crippen LogP contribution in [0.3, 0.4) is 0 Å². The number of nitrogens with one attached hydrogen (secondary N) is 1. The molecule has 5 aromatic rings. The Balaban J connectivity index is 1.77. The fourth-order valence-electron chi connectivity index (χ4n) is 2.79. The quantitative estimate of drug-likeness (QED) is 0.535. The van der Waals surface area contributed by atoms with Crippen LogP contribution in [0.2, 0.25) is 0 Å². The Bertz CT molecular complexity index is 1230. The molecule has 0 fully saturated rings. The number of rotatable bonds is 2. The second-order valence-corrected chi connectivity index (χ2v) is 6.24. The molecule has 0 saturated heterocycles. The van der Waals surface area contributed by atoms with Crippen molar-refractivity contribution in [2.75, 3.05) is 0 Å². The van der Waals surface area contributed by atoms with Gasteiger partial charge in [0.15, 0.2) is 0 Å². The van der Waals surface area contributed by atoms with Gasteiger partial charge >= 0.3 is 0 Å². The molecule has 0 amide bonds. The lowest BCUT2D eigenvalue weighted by Crippen LogP contribution is -2.14. The van der Waals surface area contributed by atoms with Gasteiger partial charge in [0.25, 0.3) is 5.56 Å². The van der Waals surface area contributed by atoms with Crippen LogP contribution in [0.1, 0.15) is 0 Å². The van der Waals surface area contributed by atoms with Gasteiger partial charge < -0.3 is 9.40 Å². The summed E-state index contributed by atoms with van der Waals surface area (Å²) < 4.78 is 6.72. The topological polar surface area (TPSA) is 76.2 Å². The number of H-pyrrole nitrogens is 1. The minimum absolute atomic E-state index is 0.186. The van der Waals surface area contributed by atoms with Crippen molar-refractivity contribution in [3.8, 4) is 21.8 Å². The zero-order chi connectivity index (χ0) is 16.1. The molecule has 4 heterocycles. The van der Waals surface area contributed by atoms with Gasteiger partial charge in [0, 0.05) is 23.0 Å². The lowest BCUT2D eigenvalue weighted by atomic mass is 10.1. The van der Waals surface area contributed by atoms with Crippen LogP contribution >= 0.6 is 11.3 Å². The fourth-order valence-corrected chi connectivity index (χ4v) is 3.44. The third-order valence-electron chi connectivity index (χ3n) is 3.92. The van der Waals surface area contributed by atoms with Gasteiger partial charge in [-0.3, -0.25) is 4.79 Å². The predicted molar refractivity (Wildman–Crippen MR) is 92.1 cm³/mol. The first-order valence-corrected chi connectivity index (χ1v) is 8.16. The smallest absolute Gasteiger partial charge is 0.274 e. The van der Waals surface area contributed by atoms with E-state index in [1.54, 1.807) is 24.7 Å². The zero-order valence-electron chi connectivity index (χ0n) is 12.3. The Morgan fingerprint density at radius 2 is 2.17 bits per heavy atom. The van der Waals surface area contributed by atoms with Crippen molar-refractivity contribution in [2.45, 2.75) is 0 Å². The van der Waals surface area contributed by atoms with E-state index in [0.29, 0.717) is 5.65 Å². The minimum atomic E-state index is -0.186. The van der Waals surface area contributed by atoms with Crippen LogP contribution in [0.5, 0.6) is 0 Å². The van der Waals surface area contributed by atoms with Crippen LogP contribution in [0, 0.1) is 0 Å². The zero-order valence-corrected chi connectivity index (χ0v) is 13.1. The summed E-state index contributed by atoms with van der Waals surface area (Å²) in [5.74, 6) is 0. The number of aromatic amines is 1. The van der Waals surface area contributed by atoms with E-state index < -0.39 is 0 Å². The number of hydrogen-bond donors (Lipinski definition) is 1. The van der Waals surface area contributed by atoms with Gasteiger partial charge in [0.2, 0.25) is 0 Å². The summed E-state index contributed by atoms with van der Waals surface area (Å²) >= 11 is 1.51. The number of nitrogens with zero attached hydrogens (tertiary/aromatic N) is 3. The van der Waals surface area contributed by atoms with Gasteiger partial charge in [0.1, 0.15) is 16.2 Å². The number of benzene rings is 1. The molecule has 1 aromatic carbocycles. The molecule has 0 radical (unpaired) electrons. The molecule has 0 aliphatic carbocycles. The molecule has 6 nitrogen and oxygen atoms in total. The highest BCUT2D eigenvalue weighted by molar-refractivity contribution is 7.13. The summed E-state index contributed by atoms with van der Waals surface area (Å²) in [5.41, 5.74) is 3.72. The molecule has 7 heteroatoms. The summed E-state index contributed by atoms with van der Waals surface area (Å²) in [7, 11) is 0. The van der Waals surface area contributed by atoms with Crippen LogP contribution in [0.25, 0.3) is 38.4 Å². The molecule has 0 spiro atoms. The Morgan fingerprint density at radius 1 is 1.21 bits per heavy atom. The highest BCUT2D eigenvalue weighted by Crippen LogP contribution is 2.27. The molecular formula is C17H10N4O2S. The first kappa shape index (κ1) is 13.3. The highest BCUT2D eigenvalue weighted by Gasteiger charge is 2.13. The molecule has 0 aliphatic rings. The molecule has 24 heavy (non-hydrogen) atoms. The summed E-state index contributed by atoms with van der Waals surface area (Å²) in [6.45, 7) is 0. The first-order chi connectivity index (χ1) is 11.8. The van der Waals surface area contributed by atoms with Crippen molar-refractivity contribution in [1.82, 2.24) is 19.6 Å². The summed E-state index contributed by atoms with van der Waals surface area (Å²) in [4.78, 5) is 20.0. The normalized spacial score (nSPS) is 11.5. The Kier molecular flexibility index (Phi) is 2.71. The predicted octanol–water partition coefficient (Wildman–Crippen LogP) is 3.56. The molecule has 0 bridgehead atoms. The van der Waals surface area contributed by atoms with Crippen molar-refractivity contribution in [3.63, 3.8) is 0 Å². The van der Waals surface area contributed by atoms with Gasteiger partial charge in [-0.15, -0.1) is 11.3 Å². The molecule has 0 aliphatic heterocycles. The molecule has 0 saturated carbocycles. The van der Waals surface area contributed by atoms with E-state index in [2.05, 4.69) is 15.1 Å². The number of thiazole rings is 1. The van der Waals surface area contributed by atoms with E-state index in [1.807, 2.05) is 29.6 Å². The molecule has 4 aromatic heterocycles. The van der Waals surface area contributed by atoms with E-state index >= 15 is 0 Å². The van der Waals surface area contributed by atoms with Gasteiger partial charge in [-0.1, -0.05) is 0 Å². The fraction of sp³-hybridized carbons (Fsp3) is 0. The van der Waals surface area contributed by atoms with Crippen molar-refractivity contribution in [2.24, 2.45) is 0 Å². The van der Waals surface area contributed by atoms with Crippen molar-refractivity contribution >= 4 is 28.0 Å². The van der Waals surface area contributed by atoms with Crippen molar-refractivity contribution in [1.29, 1.82) is 0 Å². The van der Waals surface area contributed by atoms with Crippen molar-refractivity contribution < 1.29 is 4.42 Å². The number of fused-ring (bicyclic) bond motifs is 2. The third kappa shape index (κ3) is 1.92. The maximum Gasteiger partial charge on any atom is 0.274 e. The number of hydrogen-bond acceptors (Lipinski definition) is 5. The first-order valence-electron chi connectivity index (χ1n) is 7.28. The standard InChI is InChI=1S/C17H10N4O2S/c22-15-8-13(10-1-2-14-11(7-10)3-5-23-14)20-16-12(9-19-21(15)16)17-18-4-6-24-17/h1-9,20H. The Hall–Kier alpha value is -3.19. The largest absolute Gasteiger partial charge is 0.464 e. The molecule has 0 atom stereocenters. The molecule has 116 valence electrons. The van der Waals surface area contributed by atoms with Gasteiger partial charge in [-0.2, -0.15) is 9.61 Å². The second kappa shape index (κ2) is 4.90. The van der Waals surface area contributed by atoms with Crippen LogP contribution in [0.4, 0.5) is 0 Å². The Morgan fingerprint density at radius 3 is 3.04 bits per heavy atom. The summed E-state index contributed by atoms with van der Waals surface area (Å²) in [6.07, 6.45) is 5.05.